The van der Waals surface area contributed by atoms with Crippen LogP contribution >= 0.6 is 15.9 Å². The van der Waals surface area contributed by atoms with Gasteiger partial charge in [-0.1, -0.05) is 6.07 Å². The molecule has 1 amide bonds. The number of hydrogen-bond donors (Lipinski definition) is 1. The summed E-state index contributed by atoms with van der Waals surface area (Å²) in [5, 5.41) is 2.86. The van der Waals surface area contributed by atoms with E-state index in [1.54, 1.807) is 30.9 Å². The Morgan fingerprint density at radius 1 is 1.19 bits per heavy atom. The quantitative estimate of drug-likeness (QED) is 0.743. The van der Waals surface area contributed by atoms with Crippen LogP contribution in [0.1, 0.15) is 10.4 Å². The molecule has 0 aliphatic rings. The van der Waals surface area contributed by atoms with Gasteiger partial charge in [-0.05, 0) is 46.3 Å². The summed E-state index contributed by atoms with van der Waals surface area (Å²) < 4.78 is 2.39. The fourth-order valence-electron chi connectivity index (χ4n) is 1.91. The first-order chi connectivity index (χ1) is 10.2. The summed E-state index contributed by atoms with van der Waals surface area (Å²) in [6, 6.07) is 11.0. The van der Waals surface area contributed by atoms with Crippen molar-refractivity contribution >= 4 is 27.5 Å². The number of nitrogens with one attached hydrogen (secondary N) is 1. The van der Waals surface area contributed by atoms with Crippen LogP contribution in [-0.2, 0) is 0 Å². The van der Waals surface area contributed by atoms with Crippen LogP contribution in [0.25, 0.3) is 5.69 Å². The zero-order chi connectivity index (χ0) is 14.7. The number of rotatable bonds is 3. The van der Waals surface area contributed by atoms with Crippen LogP contribution in [0, 0.1) is 0 Å². The van der Waals surface area contributed by atoms with Crippen molar-refractivity contribution in [3.05, 3.63) is 71.5 Å². The first kappa shape index (κ1) is 13.5. The van der Waals surface area contributed by atoms with Gasteiger partial charge in [0.25, 0.3) is 5.91 Å². The maximum Gasteiger partial charge on any atom is 0.258 e. The van der Waals surface area contributed by atoms with Crippen molar-refractivity contribution in [3.63, 3.8) is 0 Å². The molecule has 0 radical (unpaired) electrons. The standard InChI is InChI=1S/C15H11BrN4O/c16-14-13(5-2-6-18-14)15(21)19-11-3-1-4-12(9-11)20-8-7-17-10-20/h1-10H,(H,19,21). The second-order valence-corrected chi connectivity index (χ2v) is 5.07. The van der Waals surface area contributed by atoms with E-state index in [1.807, 2.05) is 35.0 Å². The highest BCUT2D eigenvalue weighted by Crippen LogP contribution is 2.18. The van der Waals surface area contributed by atoms with E-state index >= 15 is 0 Å². The summed E-state index contributed by atoms with van der Waals surface area (Å²) in [4.78, 5) is 20.3. The molecule has 0 fully saturated rings. The van der Waals surface area contributed by atoms with Crippen LogP contribution < -0.4 is 5.32 Å². The molecule has 1 N–H and O–H groups in total. The minimum atomic E-state index is -0.210. The van der Waals surface area contributed by atoms with Gasteiger partial charge in [-0.3, -0.25) is 4.79 Å². The highest BCUT2D eigenvalue weighted by molar-refractivity contribution is 9.10. The number of anilines is 1. The lowest BCUT2D eigenvalue weighted by atomic mass is 10.2. The van der Waals surface area contributed by atoms with E-state index in [0.717, 1.165) is 5.69 Å². The van der Waals surface area contributed by atoms with Gasteiger partial charge in [0.05, 0.1) is 11.9 Å². The summed E-state index contributed by atoms with van der Waals surface area (Å²) in [5.74, 6) is -0.210. The van der Waals surface area contributed by atoms with E-state index in [9.17, 15) is 4.79 Å². The van der Waals surface area contributed by atoms with Crippen molar-refractivity contribution in [2.75, 3.05) is 5.32 Å². The Hall–Kier alpha value is -2.47. The first-order valence-corrected chi connectivity index (χ1v) is 7.03. The zero-order valence-electron chi connectivity index (χ0n) is 10.9. The van der Waals surface area contributed by atoms with Crippen molar-refractivity contribution in [3.8, 4) is 5.69 Å². The Morgan fingerprint density at radius 2 is 2.10 bits per heavy atom. The molecule has 0 bridgehead atoms. The fourth-order valence-corrected chi connectivity index (χ4v) is 2.34. The Labute approximate surface area is 129 Å². The number of aromatic nitrogens is 3. The summed E-state index contributed by atoms with van der Waals surface area (Å²) >= 11 is 3.27. The lowest BCUT2D eigenvalue weighted by Crippen LogP contribution is -2.13. The van der Waals surface area contributed by atoms with E-state index in [1.165, 1.54) is 0 Å². The van der Waals surface area contributed by atoms with Gasteiger partial charge in [0.2, 0.25) is 0 Å². The SMILES string of the molecule is O=C(Nc1cccc(-n2ccnc2)c1)c1cccnc1Br. The van der Waals surface area contributed by atoms with Gasteiger partial charge in [0, 0.05) is 30.0 Å². The molecule has 21 heavy (non-hydrogen) atoms. The van der Waals surface area contributed by atoms with Crippen LogP contribution in [0.5, 0.6) is 0 Å². The highest BCUT2D eigenvalue weighted by atomic mass is 79.9. The molecule has 2 aromatic heterocycles. The minimum Gasteiger partial charge on any atom is -0.322 e. The number of halogens is 1. The molecule has 2 heterocycles. The minimum absolute atomic E-state index is 0.210. The van der Waals surface area contributed by atoms with Crippen LogP contribution in [0.15, 0.2) is 65.9 Å². The molecular formula is C15H11BrN4O. The molecule has 0 atom stereocenters. The molecule has 0 spiro atoms. The zero-order valence-corrected chi connectivity index (χ0v) is 12.5. The van der Waals surface area contributed by atoms with Gasteiger partial charge in [-0.2, -0.15) is 0 Å². The maximum atomic E-state index is 12.2. The molecule has 6 heteroatoms. The topological polar surface area (TPSA) is 59.8 Å². The lowest BCUT2D eigenvalue weighted by molar-refractivity contribution is 0.102. The largest absolute Gasteiger partial charge is 0.322 e. The molecule has 0 aliphatic carbocycles. The number of imidazole rings is 1. The molecule has 5 nitrogen and oxygen atoms in total. The molecule has 0 unspecified atom stereocenters. The van der Waals surface area contributed by atoms with E-state index < -0.39 is 0 Å². The molecule has 0 saturated heterocycles. The predicted octanol–water partition coefficient (Wildman–Crippen LogP) is 3.28. The molecule has 1 aromatic carbocycles. The summed E-state index contributed by atoms with van der Waals surface area (Å²) in [6.45, 7) is 0. The van der Waals surface area contributed by atoms with E-state index in [2.05, 4.69) is 31.2 Å². The number of pyridine rings is 1. The Morgan fingerprint density at radius 3 is 2.86 bits per heavy atom. The van der Waals surface area contributed by atoms with Gasteiger partial charge in [0.1, 0.15) is 4.60 Å². The smallest absolute Gasteiger partial charge is 0.258 e. The third-order valence-corrected chi connectivity index (χ3v) is 3.54. The third-order valence-electron chi connectivity index (χ3n) is 2.91. The van der Waals surface area contributed by atoms with Gasteiger partial charge in [0.15, 0.2) is 0 Å². The molecule has 3 aromatic rings. The molecule has 3 rings (SSSR count). The van der Waals surface area contributed by atoms with Gasteiger partial charge < -0.3 is 9.88 Å². The van der Waals surface area contributed by atoms with Gasteiger partial charge in [-0.25, -0.2) is 9.97 Å². The second-order valence-electron chi connectivity index (χ2n) is 4.32. The van der Waals surface area contributed by atoms with Crippen LogP contribution in [0.2, 0.25) is 0 Å². The number of amides is 1. The van der Waals surface area contributed by atoms with Crippen molar-refractivity contribution in [2.24, 2.45) is 0 Å². The van der Waals surface area contributed by atoms with Crippen molar-refractivity contribution < 1.29 is 4.79 Å². The fraction of sp³-hybridized carbons (Fsp3) is 0. The van der Waals surface area contributed by atoms with E-state index in [-0.39, 0.29) is 5.91 Å². The Bertz CT molecular complexity index is 771. The van der Waals surface area contributed by atoms with E-state index in [4.69, 9.17) is 0 Å². The number of benzene rings is 1. The number of carbonyl (C=O) groups excluding carboxylic acids is 1. The molecule has 0 aliphatic heterocycles. The van der Waals surface area contributed by atoms with Crippen LogP contribution in [0.4, 0.5) is 5.69 Å². The average Bonchev–Trinajstić information content (AvgIpc) is 3.02. The van der Waals surface area contributed by atoms with Crippen LogP contribution in [-0.4, -0.2) is 20.4 Å². The highest BCUT2D eigenvalue weighted by Gasteiger charge is 2.10. The number of carbonyl (C=O) groups is 1. The number of hydrogen-bond acceptors (Lipinski definition) is 3. The Kier molecular flexibility index (Phi) is 3.79. The maximum absolute atomic E-state index is 12.2. The monoisotopic (exact) mass is 342 g/mol. The van der Waals surface area contributed by atoms with Crippen LogP contribution in [0.3, 0.4) is 0 Å². The molecule has 0 saturated carbocycles. The Balaban J connectivity index is 1.84. The molecular weight excluding hydrogens is 332 g/mol. The normalized spacial score (nSPS) is 10.3. The summed E-state index contributed by atoms with van der Waals surface area (Å²) in [5.41, 5.74) is 2.13. The second kappa shape index (κ2) is 5.88. The summed E-state index contributed by atoms with van der Waals surface area (Å²) in [7, 11) is 0. The van der Waals surface area contributed by atoms with Crippen molar-refractivity contribution in [1.82, 2.24) is 14.5 Å². The molecule has 104 valence electrons. The van der Waals surface area contributed by atoms with Gasteiger partial charge >= 0.3 is 0 Å². The van der Waals surface area contributed by atoms with Crippen molar-refractivity contribution in [2.45, 2.75) is 0 Å². The third kappa shape index (κ3) is 3.00. The van der Waals surface area contributed by atoms with Crippen molar-refractivity contribution in [1.29, 1.82) is 0 Å². The average molecular weight is 343 g/mol. The summed E-state index contributed by atoms with van der Waals surface area (Å²) in [6.07, 6.45) is 6.88. The first-order valence-electron chi connectivity index (χ1n) is 6.24. The predicted molar refractivity (Wildman–Crippen MR) is 83.5 cm³/mol. The van der Waals surface area contributed by atoms with Gasteiger partial charge in [-0.15, -0.1) is 0 Å². The number of nitrogens with zero attached hydrogens (tertiary/aromatic N) is 3. The van der Waals surface area contributed by atoms with E-state index in [0.29, 0.717) is 15.9 Å². The lowest BCUT2D eigenvalue weighted by Gasteiger charge is -2.08.